The third-order valence-corrected chi connectivity index (χ3v) is 5.40. The largest absolute Gasteiger partial charge is 0.325 e. The highest BCUT2D eigenvalue weighted by Crippen LogP contribution is 2.27. The highest BCUT2D eigenvalue weighted by atomic mass is 32.2. The number of carbonyl (C=O) groups excluding carboxylic acids is 1. The number of aryl methyl sites for hydroxylation is 1. The molecule has 0 bridgehead atoms. The molecule has 0 radical (unpaired) electrons. The monoisotopic (exact) mass is 400 g/mol. The van der Waals surface area contributed by atoms with Crippen molar-refractivity contribution in [1.82, 2.24) is 14.8 Å². The van der Waals surface area contributed by atoms with Gasteiger partial charge in [0.2, 0.25) is 5.91 Å². The van der Waals surface area contributed by atoms with Gasteiger partial charge in [0.1, 0.15) is 6.33 Å². The van der Waals surface area contributed by atoms with Gasteiger partial charge in [-0.2, -0.15) is 8.78 Å². The molecule has 26 heavy (non-hydrogen) atoms. The van der Waals surface area contributed by atoms with Gasteiger partial charge in [0.05, 0.1) is 5.25 Å². The summed E-state index contributed by atoms with van der Waals surface area (Å²) in [7, 11) is 0. The van der Waals surface area contributed by atoms with Gasteiger partial charge in [-0.25, -0.2) is 0 Å². The molecule has 0 aliphatic carbocycles. The van der Waals surface area contributed by atoms with Gasteiger partial charge in [-0.1, -0.05) is 43.3 Å². The van der Waals surface area contributed by atoms with Gasteiger partial charge in [0, 0.05) is 17.1 Å². The Morgan fingerprint density at radius 1 is 1.23 bits per heavy atom. The number of hydrogen-bond acceptors (Lipinski definition) is 5. The standard InChI is InChI=1S/C17H22F2N4OS2/c1-3-4-5-10-23-11-20-22-17(23)25-12(2)15(24)21-13-6-8-14(9-7-13)26-16(18)19/h6-9,11-12,16H,3-5,10H2,1-2H3,(H,21,24)/t12-/m1/s1. The predicted octanol–water partition coefficient (Wildman–Crippen LogP) is 4.90. The van der Waals surface area contributed by atoms with Crippen molar-refractivity contribution in [3.05, 3.63) is 30.6 Å². The zero-order valence-corrected chi connectivity index (χ0v) is 16.3. The van der Waals surface area contributed by atoms with Crippen LogP contribution in [0.5, 0.6) is 0 Å². The van der Waals surface area contributed by atoms with Crippen molar-refractivity contribution in [2.45, 2.75) is 60.7 Å². The van der Waals surface area contributed by atoms with E-state index < -0.39 is 5.76 Å². The maximum Gasteiger partial charge on any atom is 0.288 e. The first kappa shape index (κ1) is 20.7. The lowest BCUT2D eigenvalue weighted by molar-refractivity contribution is -0.115. The molecule has 0 unspecified atom stereocenters. The van der Waals surface area contributed by atoms with Gasteiger partial charge in [-0.15, -0.1) is 10.2 Å². The van der Waals surface area contributed by atoms with E-state index in [-0.39, 0.29) is 11.2 Å². The molecule has 2 aromatic rings. The first-order chi connectivity index (χ1) is 12.5. The van der Waals surface area contributed by atoms with E-state index in [4.69, 9.17) is 0 Å². The summed E-state index contributed by atoms with van der Waals surface area (Å²) in [6.45, 7) is 4.78. The van der Waals surface area contributed by atoms with Crippen LogP contribution >= 0.6 is 23.5 Å². The zero-order chi connectivity index (χ0) is 18.9. The van der Waals surface area contributed by atoms with E-state index in [9.17, 15) is 13.6 Å². The highest BCUT2D eigenvalue weighted by Gasteiger charge is 2.18. The lowest BCUT2D eigenvalue weighted by Crippen LogP contribution is -2.22. The number of amides is 1. The van der Waals surface area contributed by atoms with E-state index in [0.29, 0.717) is 27.5 Å². The number of alkyl halides is 2. The van der Waals surface area contributed by atoms with Crippen molar-refractivity contribution < 1.29 is 13.6 Å². The fraction of sp³-hybridized carbons (Fsp3) is 0.471. The Bertz CT molecular complexity index is 694. The van der Waals surface area contributed by atoms with Gasteiger partial charge >= 0.3 is 0 Å². The summed E-state index contributed by atoms with van der Waals surface area (Å²) >= 11 is 1.82. The molecular formula is C17H22F2N4OS2. The Hall–Kier alpha value is -1.61. The Morgan fingerprint density at radius 2 is 1.96 bits per heavy atom. The number of thioether (sulfide) groups is 2. The number of hydrogen-bond donors (Lipinski definition) is 1. The Kier molecular flexibility index (Phi) is 8.37. The van der Waals surface area contributed by atoms with Crippen LogP contribution < -0.4 is 5.32 Å². The van der Waals surface area contributed by atoms with E-state index in [1.54, 1.807) is 37.5 Å². The van der Waals surface area contributed by atoms with Gasteiger partial charge in [-0.05, 0) is 37.6 Å². The molecule has 0 fully saturated rings. The molecule has 1 atom stereocenters. The lowest BCUT2D eigenvalue weighted by atomic mass is 10.2. The molecule has 0 saturated carbocycles. The second kappa shape index (κ2) is 10.5. The fourth-order valence-electron chi connectivity index (χ4n) is 2.20. The molecule has 0 aliphatic heterocycles. The van der Waals surface area contributed by atoms with Crippen LogP contribution in [0, 0.1) is 0 Å². The van der Waals surface area contributed by atoms with Crippen LogP contribution in [0.4, 0.5) is 14.5 Å². The van der Waals surface area contributed by atoms with Crippen LogP contribution in [-0.2, 0) is 11.3 Å². The van der Waals surface area contributed by atoms with Crippen LogP contribution in [0.25, 0.3) is 0 Å². The number of nitrogens with zero attached hydrogens (tertiary/aromatic N) is 3. The number of anilines is 1. The lowest BCUT2D eigenvalue weighted by Gasteiger charge is -2.12. The van der Waals surface area contributed by atoms with Crippen molar-refractivity contribution in [2.75, 3.05) is 5.32 Å². The maximum atomic E-state index is 12.4. The van der Waals surface area contributed by atoms with Crippen LogP contribution in [0.3, 0.4) is 0 Å². The average molecular weight is 401 g/mol. The van der Waals surface area contributed by atoms with Crippen molar-refractivity contribution in [3.63, 3.8) is 0 Å². The Labute approximate surface area is 160 Å². The molecule has 5 nitrogen and oxygen atoms in total. The first-order valence-electron chi connectivity index (χ1n) is 8.39. The van der Waals surface area contributed by atoms with Crippen molar-refractivity contribution >= 4 is 35.1 Å². The summed E-state index contributed by atoms with van der Waals surface area (Å²) in [5.41, 5.74) is 0.575. The maximum absolute atomic E-state index is 12.4. The fourth-order valence-corrected chi connectivity index (χ4v) is 3.55. The van der Waals surface area contributed by atoms with Crippen LogP contribution in [0.15, 0.2) is 40.6 Å². The van der Waals surface area contributed by atoms with Gasteiger partial charge < -0.3 is 9.88 Å². The van der Waals surface area contributed by atoms with Crippen molar-refractivity contribution in [3.8, 4) is 0 Å². The van der Waals surface area contributed by atoms with Crippen molar-refractivity contribution in [2.24, 2.45) is 0 Å². The second-order valence-corrected chi connectivity index (χ2v) is 8.04. The summed E-state index contributed by atoms with van der Waals surface area (Å²) < 4.78 is 26.6. The third-order valence-electron chi connectivity index (χ3n) is 3.58. The topological polar surface area (TPSA) is 59.8 Å². The van der Waals surface area contributed by atoms with Crippen LogP contribution in [0.2, 0.25) is 0 Å². The number of aromatic nitrogens is 3. The normalized spacial score (nSPS) is 12.3. The van der Waals surface area contributed by atoms with Crippen LogP contribution in [-0.4, -0.2) is 31.7 Å². The molecule has 1 aromatic heterocycles. The summed E-state index contributed by atoms with van der Waals surface area (Å²) in [5, 5.41) is 11.2. The zero-order valence-electron chi connectivity index (χ0n) is 14.7. The number of carbonyl (C=O) groups is 1. The van der Waals surface area contributed by atoms with Gasteiger partial charge in [0.25, 0.3) is 5.76 Å². The summed E-state index contributed by atoms with van der Waals surface area (Å²) in [4.78, 5) is 12.8. The molecule has 0 saturated heterocycles. The number of unbranched alkanes of at least 4 members (excludes halogenated alkanes) is 2. The summed E-state index contributed by atoms with van der Waals surface area (Å²) in [5.74, 6) is -2.63. The minimum atomic E-state index is -2.46. The average Bonchev–Trinajstić information content (AvgIpc) is 3.03. The minimum absolute atomic E-state index is 0.174. The molecule has 142 valence electrons. The van der Waals surface area contributed by atoms with E-state index in [0.717, 1.165) is 25.8 Å². The smallest absolute Gasteiger partial charge is 0.288 e. The highest BCUT2D eigenvalue weighted by molar-refractivity contribution is 8.00. The number of halogens is 2. The number of rotatable bonds is 10. The van der Waals surface area contributed by atoms with E-state index >= 15 is 0 Å². The van der Waals surface area contributed by atoms with Gasteiger partial charge in [0.15, 0.2) is 5.16 Å². The number of benzene rings is 1. The molecular weight excluding hydrogens is 378 g/mol. The molecule has 2 rings (SSSR count). The molecule has 1 aromatic carbocycles. The van der Waals surface area contributed by atoms with E-state index in [1.807, 2.05) is 4.57 Å². The minimum Gasteiger partial charge on any atom is -0.325 e. The van der Waals surface area contributed by atoms with Crippen LogP contribution in [0.1, 0.15) is 33.1 Å². The van der Waals surface area contributed by atoms with E-state index in [1.165, 1.54) is 11.8 Å². The third kappa shape index (κ3) is 6.60. The molecule has 0 spiro atoms. The second-order valence-electron chi connectivity index (χ2n) is 5.67. The molecule has 1 N–H and O–H groups in total. The van der Waals surface area contributed by atoms with Crippen molar-refractivity contribution in [1.29, 1.82) is 0 Å². The summed E-state index contributed by atoms with van der Waals surface area (Å²) in [6, 6.07) is 6.36. The van der Waals surface area contributed by atoms with E-state index in [2.05, 4.69) is 22.4 Å². The molecule has 1 heterocycles. The van der Waals surface area contributed by atoms with Gasteiger partial charge in [-0.3, -0.25) is 4.79 Å². The molecule has 0 aliphatic rings. The molecule has 9 heteroatoms. The Balaban J connectivity index is 1.88. The SMILES string of the molecule is CCCCCn1cnnc1S[C@H](C)C(=O)Nc1ccc(SC(F)F)cc1. The quantitative estimate of drug-likeness (QED) is 0.454. The predicted molar refractivity (Wildman–Crippen MR) is 102 cm³/mol. The number of nitrogens with one attached hydrogen (secondary N) is 1. The molecule has 1 amide bonds. The Morgan fingerprint density at radius 3 is 2.62 bits per heavy atom. The first-order valence-corrected chi connectivity index (χ1v) is 10.2. The summed E-state index contributed by atoms with van der Waals surface area (Å²) in [6.07, 6.45) is 5.00.